The molecular formula is C13H25O2-. The van der Waals surface area contributed by atoms with Crippen LogP contribution in [0.4, 0.5) is 0 Å². The zero-order valence-corrected chi connectivity index (χ0v) is 10.3. The van der Waals surface area contributed by atoms with Crippen molar-refractivity contribution >= 4 is 5.97 Å². The molecule has 0 fully saturated rings. The van der Waals surface area contributed by atoms with Crippen molar-refractivity contribution < 1.29 is 9.90 Å². The van der Waals surface area contributed by atoms with Crippen LogP contribution in [-0.4, -0.2) is 5.97 Å². The molecule has 2 heteroatoms. The molecule has 0 radical (unpaired) electrons. The summed E-state index contributed by atoms with van der Waals surface area (Å²) in [5.41, 5.74) is 0. The van der Waals surface area contributed by atoms with E-state index in [0.717, 1.165) is 12.8 Å². The lowest BCUT2D eigenvalue weighted by atomic mass is 10.0. The Kier molecular flexibility index (Phi) is 9.65. The molecule has 0 amide bonds. The Hall–Kier alpha value is -0.530. The van der Waals surface area contributed by atoms with E-state index in [1.807, 2.05) is 0 Å². The van der Waals surface area contributed by atoms with E-state index in [2.05, 4.69) is 6.92 Å². The van der Waals surface area contributed by atoms with Crippen LogP contribution in [0.15, 0.2) is 0 Å². The molecule has 0 saturated heterocycles. The maximum Gasteiger partial charge on any atom is 0.0442 e. The molecular weight excluding hydrogens is 188 g/mol. The Morgan fingerprint density at radius 2 is 1.47 bits per heavy atom. The number of unbranched alkanes of at least 4 members (excludes halogenated alkanes) is 7. The van der Waals surface area contributed by atoms with Crippen molar-refractivity contribution in [3.05, 3.63) is 0 Å². The van der Waals surface area contributed by atoms with Crippen LogP contribution in [0.5, 0.6) is 0 Å². The van der Waals surface area contributed by atoms with Crippen LogP contribution in [-0.2, 0) is 4.79 Å². The lowest BCUT2D eigenvalue weighted by Gasteiger charge is -2.11. The van der Waals surface area contributed by atoms with Gasteiger partial charge in [-0.25, -0.2) is 0 Å². The zero-order chi connectivity index (χ0) is 11.5. The largest absolute Gasteiger partial charge is 0.550 e. The molecule has 0 spiro atoms. The SMILES string of the molecule is CCCCCCCCCCC(C)C(=O)[O-]. The van der Waals surface area contributed by atoms with Crippen molar-refractivity contribution in [2.45, 2.75) is 71.6 Å². The van der Waals surface area contributed by atoms with Gasteiger partial charge in [0.25, 0.3) is 0 Å². The van der Waals surface area contributed by atoms with Crippen molar-refractivity contribution in [3.63, 3.8) is 0 Å². The Balaban J connectivity index is 3.08. The molecule has 0 rings (SSSR count). The van der Waals surface area contributed by atoms with Gasteiger partial charge in [0, 0.05) is 5.97 Å². The smallest absolute Gasteiger partial charge is 0.0442 e. The lowest BCUT2D eigenvalue weighted by molar-refractivity contribution is -0.311. The highest BCUT2D eigenvalue weighted by Crippen LogP contribution is 2.12. The van der Waals surface area contributed by atoms with Gasteiger partial charge in [-0.15, -0.1) is 0 Å². The molecule has 0 aromatic heterocycles. The minimum absolute atomic E-state index is 0.273. The Labute approximate surface area is 94.1 Å². The predicted molar refractivity (Wildman–Crippen MR) is 61.4 cm³/mol. The number of hydrogen-bond acceptors (Lipinski definition) is 2. The summed E-state index contributed by atoms with van der Waals surface area (Å²) in [4.78, 5) is 10.4. The van der Waals surface area contributed by atoms with Crippen molar-refractivity contribution in [3.8, 4) is 0 Å². The highest BCUT2D eigenvalue weighted by Gasteiger charge is 2.01. The van der Waals surface area contributed by atoms with Crippen molar-refractivity contribution in [2.75, 3.05) is 0 Å². The molecule has 0 N–H and O–H groups in total. The van der Waals surface area contributed by atoms with Gasteiger partial charge in [0.1, 0.15) is 0 Å². The van der Waals surface area contributed by atoms with E-state index in [1.165, 1.54) is 44.9 Å². The van der Waals surface area contributed by atoms with Crippen LogP contribution >= 0.6 is 0 Å². The standard InChI is InChI=1S/C13H26O2/c1-3-4-5-6-7-8-9-10-11-12(2)13(14)15/h12H,3-11H2,1-2H3,(H,14,15)/p-1. The number of aliphatic carboxylic acids is 1. The van der Waals surface area contributed by atoms with Crippen LogP contribution < -0.4 is 5.11 Å². The molecule has 0 saturated carbocycles. The third-order valence-electron chi connectivity index (χ3n) is 2.89. The molecule has 0 heterocycles. The van der Waals surface area contributed by atoms with Gasteiger partial charge < -0.3 is 9.90 Å². The molecule has 90 valence electrons. The number of hydrogen-bond donors (Lipinski definition) is 0. The number of carbonyl (C=O) groups excluding carboxylic acids is 1. The monoisotopic (exact) mass is 213 g/mol. The maximum atomic E-state index is 10.4. The molecule has 0 bridgehead atoms. The fourth-order valence-electron chi connectivity index (χ4n) is 1.70. The normalized spacial score (nSPS) is 12.7. The molecule has 1 unspecified atom stereocenters. The minimum atomic E-state index is -0.905. The molecule has 15 heavy (non-hydrogen) atoms. The van der Waals surface area contributed by atoms with Crippen molar-refractivity contribution in [2.24, 2.45) is 5.92 Å². The van der Waals surface area contributed by atoms with Crippen LogP contribution in [0.3, 0.4) is 0 Å². The van der Waals surface area contributed by atoms with Gasteiger partial charge in [-0.3, -0.25) is 0 Å². The second kappa shape index (κ2) is 10.0. The van der Waals surface area contributed by atoms with Gasteiger partial charge in [0.15, 0.2) is 0 Å². The van der Waals surface area contributed by atoms with Gasteiger partial charge >= 0.3 is 0 Å². The predicted octanol–water partition coefficient (Wildman–Crippen LogP) is 2.90. The van der Waals surface area contributed by atoms with E-state index >= 15 is 0 Å². The maximum absolute atomic E-state index is 10.4. The van der Waals surface area contributed by atoms with E-state index in [9.17, 15) is 9.90 Å². The summed E-state index contributed by atoms with van der Waals surface area (Å²) < 4.78 is 0. The van der Waals surface area contributed by atoms with Gasteiger partial charge in [-0.2, -0.15) is 0 Å². The van der Waals surface area contributed by atoms with Gasteiger partial charge in [-0.05, 0) is 12.3 Å². The molecule has 2 nitrogen and oxygen atoms in total. The topological polar surface area (TPSA) is 40.1 Å². The van der Waals surface area contributed by atoms with Crippen LogP contribution in [0.2, 0.25) is 0 Å². The quantitative estimate of drug-likeness (QED) is 0.523. The van der Waals surface area contributed by atoms with E-state index < -0.39 is 5.97 Å². The van der Waals surface area contributed by atoms with Gasteiger partial charge in [0.2, 0.25) is 0 Å². The number of carboxylic acids is 1. The van der Waals surface area contributed by atoms with E-state index in [0.29, 0.717) is 0 Å². The summed E-state index contributed by atoms with van der Waals surface area (Å²) in [6.45, 7) is 3.96. The third kappa shape index (κ3) is 9.77. The molecule has 0 aromatic rings. The molecule has 0 aliphatic rings. The Morgan fingerprint density at radius 1 is 1.00 bits per heavy atom. The molecule has 0 aliphatic carbocycles. The first-order chi connectivity index (χ1) is 7.18. The van der Waals surface area contributed by atoms with E-state index in [-0.39, 0.29) is 5.92 Å². The van der Waals surface area contributed by atoms with Crippen LogP contribution in [0.1, 0.15) is 71.6 Å². The highest BCUT2D eigenvalue weighted by molar-refractivity contribution is 5.66. The van der Waals surface area contributed by atoms with Crippen molar-refractivity contribution in [1.82, 2.24) is 0 Å². The van der Waals surface area contributed by atoms with E-state index in [1.54, 1.807) is 6.92 Å². The average molecular weight is 213 g/mol. The second-order valence-corrected chi connectivity index (χ2v) is 4.48. The highest BCUT2D eigenvalue weighted by atomic mass is 16.4. The lowest BCUT2D eigenvalue weighted by Crippen LogP contribution is -2.29. The summed E-state index contributed by atoms with van der Waals surface area (Å²) >= 11 is 0. The van der Waals surface area contributed by atoms with Crippen molar-refractivity contribution in [1.29, 1.82) is 0 Å². The zero-order valence-electron chi connectivity index (χ0n) is 10.3. The summed E-state index contributed by atoms with van der Waals surface area (Å²) in [6.07, 6.45) is 10.9. The first-order valence-corrected chi connectivity index (χ1v) is 6.39. The summed E-state index contributed by atoms with van der Waals surface area (Å²) in [7, 11) is 0. The minimum Gasteiger partial charge on any atom is -0.550 e. The van der Waals surface area contributed by atoms with E-state index in [4.69, 9.17) is 0 Å². The Morgan fingerprint density at radius 3 is 1.93 bits per heavy atom. The fourth-order valence-corrected chi connectivity index (χ4v) is 1.70. The Bertz CT molecular complexity index is 155. The number of carboxylic acid groups (broad SMARTS) is 1. The first-order valence-electron chi connectivity index (χ1n) is 6.39. The molecule has 0 aliphatic heterocycles. The average Bonchev–Trinajstić information content (AvgIpc) is 2.21. The molecule has 0 aromatic carbocycles. The first kappa shape index (κ1) is 14.5. The van der Waals surface area contributed by atoms with Gasteiger partial charge in [-0.1, -0.05) is 65.2 Å². The van der Waals surface area contributed by atoms with Crippen LogP contribution in [0, 0.1) is 5.92 Å². The fraction of sp³-hybridized carbons (Fsp3) is 0.923. The second-order valence-electron chi connectivity index (χ2n) is 4.48. The van der Waals surface area contributed by atoms with Gasteiger partial charge in [0.05, 0.1) is 0 Å². The number of carbonyl (C=O) groups is 1. The summed E-state index contributed by atoms with van der Waals surface area (Å²) in [5.74, 6) is -1.18. The number of rotatable bonds is 10. The van der Waals surface area contributed by atoms with Crippen LogP contribution in [0.25, 0.3) is 0 Å². The molecule has 1 atom stereocenters. The third-order valence-corrected chi connectivity index (χ3v) is 2.89. The summed E-state index contributed by atoms with van der Waals surface area (Å²) in [6, 6.07) is 0. The summed E-state index contributed by atoms with van der Waals surface area (Å²) in [5, 5.41) is 10.4.